The molecule has 0 fully saturated rings. The van der Waals surface area contributed by atoms with Crippen LogP contribution in [-0.4, -0.2) is 27.0 Å². The minimum atomic E-state index is -2.87. The van der Waals surface area contributed by atoms with Crippen molar-refractivity contribution in [2.45, 2.75) is 39.2 Å². The van der Waals surface area contributed by atoms with Gasteiger partial charge in [-0.2, -0.15) is 0 Å². The first-order valence-electron chi connectivity index (χ1n) is 6.45. The van der Waals surface area contributed by atoms with Crippen LogP contribution < -0.4 is 5.32 Å². The smallest absolute Gasteiger partial charge is 0.147 e. The monoisotopic (exact) mass is 273 g/mol. The first kappa shape index (κ1) is 15.2. The minimum absolute atomic E-state index is 0.186. The van der Waals surface area contributed by atoms with Crippen LogP contribution in [0.5, 0.6) is 0 Å². The van der Waals surface area contributed by atoms with Crippen LogP contribution in [0.25, 0.3) is 0 Å². The highest BCUT2D eigenvalue weighted by Gasteiger charge is 2.16. The lowest BCUT2D eigenvalue weighted by Gasteiger charge is -2.17. The number of nitrogens with one attached hydrogen (secondary N) is 1. The van der Waals surface area contributed by atoms with E-state index in [0.717, 1.165) is 30.7 Å². The number of rotatable bonds is 8. The molecule has 1 N–H and O–H groups in total. The van der Waals surface area contributed by atoms with E-state index in [9.17, 15) is 8.42 Å². The molecule has 0 spiro atoms. The first-order valence-corrected chi connectivity index (χ1v) is 8.51. The average molecular weight is 273 g/mol. The molecule has 1 rings (SSSR count). The largest absolute Gasteiger partial charge is 0.469 e. The molecule has 0 aromatic carbocycles. The van der Waals surface area contributed by atoms with E-state index < -0.39 is 9.84 Å². The topological polar surface area (TPSA) is 59.3 Å². The molecule has 0 aliphatic heterocycles. The Morgan fingerprint density at radius 3 is 2.67 bits per heavy atom. The van der Waals surface area contributed by atoms with E-state index in [1.54, 1.807) is 6.26 Å². The second-order valence-corrected chi connectivity index (χ2v) is 6.79. The normalized spacial score (nSPS) is 13.7. The van der Waals surface area contributed by atoms with Crippen LogP contribution in [0.15, 0.2) is 16.7 Å². The van der Waals surface area contributed by atoms with Crippen molar-refractivity contribution < 1.29 is 12.8 Å². The zero-order valence-electron chi connectivity index (χ0n) is 11.4. The van der Waals surface area contributed by atoms with E-state index in [0.29, 0.717) is 6.42 Å². The molecule has 1 aromatic heterocycles. The number of aryl methyl sites for hydroxylation is 1. The Balaban J connectivity index is 2.65. The van der Waals surface area contributed by atoms with E-state index in [1.165, 1.54) is 6.26 Å². The second-order valence-electron chi connectivity index (χ2n) is 4.54. The lowest BCUT2D eigenvalue weighted by atomic mass is 10.0. The summed E-state index contributed by atoms with van der Waals surface area (Å²) in [7, 11) is -2.87. The van der Waals surface area contributed by atoms with Crippen molar-refractivity contribution >= 4 is 9.84 Å². The van der Waals surface area contributed by atoms with Crippen LogP contribution >= 0.6 is 0 Å². The third-order valence-corrected chi connectivity index (χ3v) is 3.97. The molecule has 1 atom stereocenters. The van der Waals surface area contributed by atoms with Crippen molar-refractivity contribution in [1.29, 1.82) is 0 Å². The number of hydrogen-bond acceptors (Lipinski definition) is 4. The zero-order chi connectivity index (χ0) is 13.6. The van der Waals surface area contributed by atoms with Gasteiger partial charge >= 0.3 is 0 Å². The van der Waals surface area contributed by atoms with Gasteiger partial charge in [0.15, 0.2) is 0 Å². The molecule has 18 heavy (non-hydrogen) atoms. The Hall–Kier alpha value is -0.810. The van der Waals surface area contributed by atoms with Crippen LogP contribution in [0.2, 0.25) is 0 Å². The van der Waals surface area contributed by atoms with E-state index >= 15 is 0 Å². The lowest BCUT2D eigenvalue weighted by molar-refractivity contribution is 0.471. The van der Waals surface area contributed by atoms with Crippen molar-refractivity contribution in [1.82, 2.24) is 5.32 Å². The van der Waals surface area contributed by atoms with Crippen LogP contribution in [-0.2, 0) is 16.3 Å². The standard InChI is InChI=1S/C13H23NO3S/c1-4-13-11(8-9-17-13)12(14-5-2)7-6-10-18(3,15)16/h8-9,12,14H,4-7,10H2,1-3H3. The zero-order valence-corrected chi connectivity index (χ0v) is 12.2. The Morgan fingerprint density at radius 1 is 1.39 bits per heavy atom. The number of hydrogen-bond donors (Lipinski definition) is 1. The minimum Gasteiger partial charge on any atom is -0.469 e. The van der Waals surface area contributed by atoms with Crippen molar-refractivity contribution in [2.75, 3.05) is 18.6 Å². The summed E-state index contributed by atoms with van der Waals surface area (Å²) in [6.45, 7) is 4.97. The quantitative estimate of drug-likeness (QED) is 0.789. The van der Waals surface area contributed by atoms with Gasteiger partial charge in [-0.15, -0.1) is 0 Å². The highest BCUT2D eigenvalue weighted by Crippen LogP contribution is 2.24. The maximum Gasteiger partial charge on any atom is 0.147 e. The summed E-state index contributed by atoms with van der Waals surface area (Å²) in [6.07, 6.45) is 5.33. The Labute approximate surface area is 110 Å². The fraction of sp³-hybridized carbons (Fsp3) is 0.692. The van der Waals surface area contributed by atoms with Gasteiger partial charge in [-0.3, -0.25) is 0 Å². The summed E-state index contributed by atoms with van der Waals surface area (Å²) >= 11 is 0. The molecule has 0 radical (unpaired) electrons. The van der Waals surface area contributed by atoms with Gasteiger partial charge < -0.3 is 9.73 Å². The molecular formula is C13H23NO3S. The maximum atomic E-state index is 11.1. The van der Waals surface area contributed by atoms with Gasteiger partial charge in [0.2, 0.25) is 0 Å². The van der Waals surface area contributed by atoms with Gasteiger partial charge in [-0.25, -0.2) is 8.42 Å². The molecular weight excluding hydrogens is 250 g/mol. The molecule has 0 amide bonds. The highest BCUT2D eigenvalue weighted by atomic mass is 32.2. The van der Waals surface area contributed by atoms with Gasteiger partial charge in [0.05, 0.1) is 6.26 Å². The van der Waals surface area contributed by atoms with Gasteiger partial charge in [0.1, 0.15) is 15.6 Å². The van der Waals surface area contributed by atoms with E-state index in [1.807, 2.05) is 6.07 Å². The van der Waals surface area contributed by atoms with E-state index in [-0.39, 0.29) is 11.8 Å². The summed E-state index contributed by atoms with van der Waals surface area (Å²) in [5, 5.41) is 3.39. The van der Waals surface area contributed by atoms with Gasteiger partial charge in [-0.1, -0.05) is 13.8 Å². The van der Waals surface area contributed by atoms with Crippen LogP contribution in [0, 0.1) is 0 Å². The summed E-state index contributed by atoms with van der Waals surface area (Å²) in [5.74, 6) is 1.23. The third-order valence-electron chi connectivity index (χ3n) is 2.93. The summed E-state index contributed by atoms with van der Waals surface area (Å²) in [6, 6.07) is 2.16. The summed E-state index contributed by atoms with van der Waals surface area (Å²) in [5.41, 5.74) is 1.16. The van der Waals surface area contributed by atoms with Gasteiger partial charge in [-0.05, 0) is 25.5 Å². The predicted molar refractivity (Wildman–Crippen MR) is 73.4 cm³/mol. The Bertz CT molecular complexity index is 451. The molecule has 0 saturated heterocycles. The summed E-state index contributed by atoms with van der Waals surface area (Å²) in [4.78, 5) is 0. The molecule has 0 aliphatic carbocycles. The predicted octanol–water partition coefficient (Wildman–Crippen LogP) is 2.32. The van der Waals surface area contributed by atoms with Crippen molar-refractivity contribution in [2.24, 2.45) is 0 Å². The first-order chi connectivity index (χ1) is 8.48. The second kappa shape index (κ2) is 6.95. The molecule has 104 valence electrons. The van der Waals surface area contributed by atoms with Crippen molar-refractivity contribution in [3.05, 3.63) is 23.7 Å². The molecule has 4 nitrogen and oxygen atoms in total. The number of sulfone groups is 1. The van der Waals surface area contributed by atoms with Gasteiger partial charge in [0, 0.05) is 30.0 Å². The average Bonchev–Trinajstić information content (AvgIpc) is 2.74. The molecule has 1 aromatic rings. The molecule has 5 heteroatoms. The van der Waals surface area contributed by atoms with E-state index in [2.05, 4.69) is 19.2 Å². The number of furan rings is 1. The Morgan fingerprint density at radius 2 is 2.11 bits per heavy atom. The molecule has 0 bridgehead atoms. The van der Waals surface area contributed by atoms with Gasteiger partial charge in [0.25, 0.3) is 0 Å². The SMILES string of the molecule is CCNC(CCCS(C)(=O)=O)c1ccoc1CC. The maximum absolute atomic E-state index is 11.1. The third kappa shape index (κ3) is 4.82. The van der Waals surface area contributed by atoms with Crippen LogP contribution in [0.4, 0.5) is 0 Å². The lowest BCUT2D eigenvalue weighted by Crippen LogP contribution is -2.22. The fourth-order valence-corrected chi connectivity index (χ4v) is 2.80. The molecule has 1 heterocycles. The van der Waals surface area contributed by atoms with E-state index in [4.69, 9.17) is 4.42 Å². The van der Waals surface area contributed by atoms with Crippen molar-refractivity contribution in [3.63, 3.8) is 0 Å². The highest BCUT2D eigenvalue weighted by molar-refractivity contribution is 7.90. The molecule has 0 saturated carbocycles. The molecule has 1 unspecified atom stereocenters. The summed E-state index contributed by atoms with van der Waals surface area (Å²) < 4.78 is 27.7. The van der Waals surface area contributed by atoms with Crippen LogP contribution in [0.3, 0.4) is 0 Å². The fourth-order valence-electron chi connectivity index (χ4n) is 2.11. The Kier molecular flexibility index (Phi) is 5.88. The van der Waals surface area contributed by atoms with Crippen LogP contribution in [0.1, 0.15) is 44.1 Å². The van der Waals surface area contributed by atoms with Crippen molar-refractivity contribution in [3.8, 4) is 0 Å². The molecule has 0 aliphatic rings.